The number of aromatic amines is 1. The van der Waals surface area contributed by atoms with Crippen LogP contribution in [0.4, 0.5) is 5.69 Å². The van der Waals surface area contributed by atoms with Crippen molar-refractivity contribution in [3.8, 4) is 0 Å². The van der Waals surface area contributed by atoms with E-state index in [1.165, 1.54) is 33.6 Å². The van der Waals surface area contributed by atoms with E-state index in [9.17, 15) is 0 Å². The van der Waals surface area contributed by atoms with Crippen molar-refractivity contribution >= 4 is 5.69 Å². The van der Waals surface area contributed by atoms with Crippen LogP contribution in [0.25, 0.3) is 0 Å². The summed E-state index contributed by atoms with van der Waals surface area (Å²) in [6.07, 6.45) is 2.86. The van der Waals surface area contributed by atoms with Gasteiger partial charge in [0.1, 0.15) is 0 Å². The monoisotopic (exact) mass is 213 g/mol. The van der Waals surface area contributed by atoms with Gasteiger partial charge in [-0.1, -0.05) is 12.1 Å². The fraction of sp³-hybridized carbons (Fsp3) is 0.308. The molecule has 2 aromatic rings. The van der Waals surface area contributed by atoms with E-state index >= 15 is 0 Å². The average molecular weight is 213 g/mol. The molecule has 0 saturated carbocycles. The van der Waals surface area contributed by atoms with Gasteiger partial charge in [-0.3, -0.25) is 5.10 Å². The van der Waals surface area contributed by atoms with Gasteiger partial charge in [0.15, 0.2) is 0 Å². The zero-order valence-electron chi connectivity index (χ0n) is 9.59. The standard InChI is InChI=1S/C13H15N3/c1-8-3-4-10-5-12-11(7-15-16-12)6-14-13(10)9(8)2/h3-4,7,14H,5-6H2,1-2H3,(H,15,16). The molecule has 0 fully saturated rings. The lowest BCUT2D eigenvalue weighted by atomic mass is 10.0. The van der Waals surface area contributed by atoms with Crippen molar-refractivity contribution in [2.75, 3.05) is 5.32 Å². The van der Waals surface area contributed by atoms with Gasteiger partial charge in [0.05, 0.1) is 6.20 Å². The summed E-state index contributed by atoms with van der Waals surface area (Å²) in [4.78, 5) is 0. The minimum Gasteiger partial charge on any atom is -0.380 e. The summed E-state index contributed by atoms with van der Waals surface area (Å²) in [6, 6.07) is 4.40. The Labute approximate surface area is 94.9 Å². The van der Waals surface area contributed by atoms with Crippen LogP contribution >= 0.6 is 0 Å². The molecule has 2 N–H and O–H groups in total. The SMILES string of the molecule is Cc1ccc2c(c1C)NCc1cn[nH]c1C2. The molecule has 3 heteroatoms. The maximum Gasteiger partial charge on any atom is 0.0540 e. The molecular weight excluding hydrogens is 198 g/mol. The first kappa shape index (κ1) is 9.46. The van der Waals surface area contributed by atoms with E-state index in [-0.39, 0.29) is 0 Å². The van der Waals surface area contributed by atoms with E-state index in [1.54, 1.807) is 0 Å². The number of hydrogen-bond donors (Lipinski definition) is 2. The number of aryl methyl sites for hydroxylation is 1. The minimum absolute atomic E-state index is 0.864. The number of H-pyrrole nitrogens is 1. The first-order valence-corrected chi connectivity index (χ1v) is 5.60. The third-order valence-corrected chi connectivity index (χ3v) is 3.45. The highest BCUT2D eigenvalue weighted by atomic mass is 15.1. The maximum atomic E-state index is 4.09. The number of rotatable bonds is 0. The zero-order valence-corrected chi connectivity index (χ0v) is 9.59. The number of fused-ring (bicyclic) bond motifs is 2. The van der Waals surface area contributed by atoms with Crippen molar-refractivity contribution in [3.05, 3.63) is 46.3 Å². The number of benzene rings is 1. The predicted molar refractivity (Wildman–Crippen MR) is 64.6 cm³/mol. The number of aromatic nitrogens is 2. The Morgan fingerprint density at radius 1 is 1.19 bits per heavy atom. The van der Waals surface area contributed by atoms with Crippen molar-refractivity contribution in [1.29, 1.82) is 0 Å². The Morgan fingerprint density at radius 3 is 2.94 bits per heavy atom. The van der Waals surface area contributed by atoms with Crippen LogP contribution in [0, 0.1) is 13.8 Å². The van der Waals surface area contributed by atoms with Gasteiger partial charge in [0, 0.05) is 29.9 Å². The van der Waals surface area contributed by atoms with Crippen LogP contribution in [-0.2, 0) is 13.0 Å². The van der Waals surface area contributed by atoms with Gasteiger partial charge in [0.25, 0.3) is 0 Å². The largest absolute Gasteiger partial charge is 0.380 e. The molecule has 1 aromatic carbocycles. The molecule has 3 rings (SSSR count). The Balaban J connectivity index is 2.13. The molecule has 1 aromatic heterocycles. The smallest absolute Gasteiger partial charge is 0.0540 e. The fourth-order valence-corrected chi connectivity index (χ4v) is 2.28. The van der Waals surface area contributed by atoms with E-state index < -0.39 is 0 Å². The molecule has 3 nitrogen and oxygen atoms in total. The normalized spacial score (nSPS) is 13.6. The Morgan fingerprint density at radius 2 is 2.06 bits per heavy atom. The lowest BCUT2D eigenvalue weighted by Crippen LogP contribution is -2.01. The molecular formula is C13H15N3. The fourth-order valence-electron chi connectivity index (χ4n) is 2.28. The minimum atomic E-state index is 0.864. The van der Waals surface area contributed by atoms with E-state index in [4.69, 9.17) is 0 Å². The summed E-state index contributed by atoms with van der Waals surface area (Å²) < 4.78 is 0. The van der Waals surface area contributed by atoms with E-state index in [1.807, 2.05) is 6.20 Å². The van der Waals surface area contributed by atoms with Gasteiger partial charge >= 0.3 is 0 Å². The molecule has 0 spiro atoms. The summed E-state index contributed by atoms with van der Waals surface area (Å²) in [5, 5.41) is 10.7. The van der Waals surface area contributed by atoms with Gasteiger partial charge < -0.3 is 5.32 Å². The van der Waals surface area contributed by atoms with Crippen LogP contribution in [0.2, 0.25) is 0 Å². The topological polar surface area (TPSA) is 40.7 Å². The third kappa shape index (κ3) is 1.32. The molecule has 2 heterocycles. The predicted octanol–water partition coefficient (Wildman–Crippen LogP) is 2.54. The molecule has 1 aliphatic rings. The van der Waals surface area contributed by atoms with E-state index in [0.717, 1.165) is 13.0 Å². The van der Waals surface area contributed by atoms with Crippen molar-refractivity contribution in [2.24, 2.45) is 0 Å². The molecule has 16 heavy (non-hydrogen) atoms. The Hall–Kier alpha value is -1.77. The number of hydrogen-bond acceptors (Lipinski definition) is 2. The lowest BCUT2D eigenvalue weighted by Gasteiger charge is -2.13. The molecule has 82 valence electrons. The molecule has 1 aliphatic heterocycles. The highest BCUT2D eigenvalue weighted by Gasteiger charge is 2.16. The molecule has 0 radical (unpaired) electrons. The summed E-state index contributed by atoms with van der Waals surface area (Å²) >= 11 is 0. The Kier molecular flexibility index (Phi) is 1.99. The average Bonchev–Trinajstić information content (AvgIpc) is 2.63. The van der Waals surface area contributed by atoms with E-state index in [2.05, 4.69) is 41.5 Å². The Bertz CT molecular complexity index is 540. The number of nitrogens with one attached hydrogen (secondary N) is 2. The van der Waals surface area contributed by atoms with Crippen LogP contribution in [-0.4, -0.2) is 10.2 Å². The van der Waals surface area contributed by atoms with Gasteiger partial charge in [-0.25, -0.2) is 0 Å². The van der Waals surface area contributed by atoms with Crippen molar-refractivity contribution < 1.29 is 0 Å². The second-order valence-electron chi connectivity index (χ2n) is 4.45. The van der Waals surface area contributed by atoms with Crippen molar-refractivity contribution in [3.63, 3.8) is 0 Å². The first-order chi connectivity index (χ1) is 7.75. The third-order valence-electron chi connectivity index (χ3n) is 3.45. The summed E-state index contributed by atoms with van der Waals surface area (Å²) in [7, 11) is 0. The van der Waals surface area contributed by atoms with Crippen LogP contribution in [0.15, 0.2) is 18.3 Å². The van der Waals surface area contributed by atoms with Crippen LogP contribution in [0.3, 0.4) is 0 Å². The van der Waals surface area contributed by atoms with Crippen molar-refractivity contribution in [1.82, 2.24) is 10.2 Å². The van der Waals surface area contributed by atoms with Gasteiger partial charge in [0.2, 0.25) is 0 Å². The highest BCUT2D eigenvalue weighted by Crippen LogP contribution is 2.29. The van der Waals surface area contributed by atoms with Crippen molar-refractivity contribution in [2.45, 2.75) is 26.8 Å². The summed E-state index contributed by atoms with van der Waals surface area (Å²) in [5.41, 5.74) is 7.85. The lowest BCUT2D eigenvalue weighted by molar-refractivity contribution is 0.994. The van der Waals surface area contributed by atoms with Crippen LogP contribution in [0.5, 0.6) is 0 Å². The second kappa shape index (κ2) is 3.37. The van der Waals surface area contributed by atoms with Gasteiger partial charge in [-0.2, -0.15) is 5.10 Å². The van der Waals surface area contributed by atoms with Crippen LogP contribution in [0.1, 0.15) is 27.9 Å². The summed E-state index contributed by atoms with van der Waals surface area (Å²) in [5.74, 6) is 0. The second-order valence-corrected chi connectivity index (χ2v) is 4.45. The first-order valence-electron chi connectivity index (χ1n) is 5.60. The van der Waals surface area contributed by atoms with Gasteiger partial charge in [-0.05, 0) is 30.5 Å². The summed E-state index contributed by atoms with van der Waals surface area (Å²) in [6.45, 7) is 5.20. The van der Waals surface area contributed by atoms with Gasteiger partial charge in [-0.15, -0.1) is 0 Å². The molecule has 0 atom stereocenters. The highest BCUT2D eigenvalue weighted by molar-refractivity contribution is 5.62. The zero-order chi connectivity index (χ0) is 11.1. The molecule has 0 unspecified atom stereocenters. The molecule has 0 bridgehead atoms. The number of anilines is 1. The molecule has 0 amide bonds. The molecule has 0 saturated heterocycles. The maximum absolute atomic E-state index is 4.09. The number of nitrogens with zero attached hydrogens (tertiary/aromatic N) is 1. The van der Waals surface area contributed by atoms with E-state index in [0.29, 0.717) is 0 Å². The quantitative estimate of drug-likeness (QED) is 0.706. The van der Waals surface area contributed by atoms with Crippen LogP contribution < -0.4 is 5.32 Å². The molecule has 0 aliphatic carbocycles.